The summed E-state index contributed by atoms with van der Waals surface area (Å²) in [5.41, 5.74) is 3.44. The first kappa shape index (κ1) is 25.1. The molecule has 0 spiro atoms. The number of rotatable bonds is 7. The van der Waals surface area contributed by atoms with E-state index in [1.807, 2.05) is 30.3 Å². The smallest absolute Gasteiger partial charge is 0.287 e. The van der Waals surface area contributed by atoms with Gasteiger partial charge in [-0.3, -0.25) is 9.69 Å². The molecule has 3 aromatic rings. The van der Waals surface area contributed by atoms with Crippen molar-refractivity contribution in [3.05, 3.63) is 76.0 Å². The van der Waals surface area contributed by atoms with Crippen molar-refractivity contribution in [1.29, 1.82) is 0 Å². The van der Waals surface area contributed by atoms with E-state index >= 15 is 0 Å². The van der Waals surface area contributed by atoms with Crippen LogP contribution in [-0.4, -0.2) is 49.1 Å². The van der Waals surface area contributed by atoms with Crippen molar-refractivity contribution in [2.45, 2.75) is 51.3 Å². The third kappa shape index (κ3) is 6.38. The summed E-state index contributed by atoms with van der Waals surface area (Å²) in [4.78, 5) is 15.2. The van der Waals surface area contributed by atoms with E-state index in [1.165, 1.54) is 11.1 Å². The molecule has 1 aromatic heterocycles. The molecule has 2 aliphatic heterocycles. The van der Waals surface area contributed by atoms with Crippen molar-refractivity contribution in [3.63, 3.8) is 0 Å². The lowest BCUT2D eigenvalue weighted by atomic mass is 10.0. The molecule has 2 aliphatic rings. The second-order valence-electron chi connectivity index (χ2n) is 9.89. The molecule has 0 radical (unpaired) electrons. The average Bonchev–Trinajstić information content (AvgIpc) is 3.39. The maximum absolute atomic E-state index is 12.8. The quantitative estimate of drug-likeness (QED) is 0.403. The van der Waals surface area contributed by atoms with Crippen molar-refractivity contribution in [3.8, 4) is 17.1 Å². The molecular weight excluding hydrogens is 518 g/mol. The molecule has 36 heavy (non-hydrogen) atoms. The third-order valence-electron chi connectivity index (χ3n) is 7.07. The number of piperidine rings is 2. The molecule has 2 N–H and O–H groups in total. The first-order chi connectivity index (χ1) is 17.5. The van der Waals surface area contributed by atoms with Crippen LogP contribution in [0, 0.1) is 6.92 Å². The SMILES string of the molecule is Cc1ccc(-c2ccc(C(=O)NC3CCN(Cc4ccc(OC5CCNCC5)c(Br)c4)CC3)o2)cc1. The van der Waals surface area contributed by atoms with Gasteiger partial charge >= 0.3 is 0 Å². The Hall–Kier alpha value is -2.61. The number of hydrogen-bond acceptors (Lipinski definition) is 5. The monoisotopic (exact) mass is 551 g/mol. The van der Waals surface area contributed by atoms with Crippen LogP contribution >= 0.6 is 15.9 Å². The Kier molecular flexibility index (Phi) is 8.09. The highest BCUT2D eigenvalue weighted by Gasteiger charge is 2.23. The van der Waals surface area contributed by atoms with Crippen LogP contribution in [0.2, 0.25) is 0 Å². The molecule has 190 valence electrons. The Morgan fingerprint density at radius 2 is 1.81 bits per heavy atom. The van der Waals surface area contributed by atoms with Crippen LogP contribution in [-0.2, 0) is 6.54 Å². The summed E-state index contributed by atoms with van der Waals surface area (Å²) in [6, 6.07) is 18.3. The molecule has 2 saturated heterocycles. The Morgan fingerprint density at radius 3 is 2.53 bits per heavy atom. The van der Waals surface area contributed by atoms with Gasteiger partial charge in [0.25, 0.3) is 5.91 Å². The predicted octanol–water partition coefficient (Wildman–Crippen LogP) is 5.54. The fourth-order valence-electron chi connectivity index (χ4n) is 4.91. The highest BCUT2D eigenvalue weighted by molar-refractivity contribution is 9.10. The van der Waals surface area contributed by atoms with E-state index in [9.17, 15) is 4.79 Å². The minimum absolute atomic E-state index is 0.139. The van der Waals surface area contributed by atoms with Gasteiger partial charge in [-0.2, -0.15) is 0 Å². The zero-order valence-electron chi connectivity index (χ0n) is 20.8. The number of carbonyl (C=O) groups excluding carboxylic acids is 1. The molecule has 7 heteroatoms. The van der Waals surface area contributed by atoms with Crippen LogP contribution in [0.15, 0.2) is 63.5 Å². The number of aryl methyl sites for hydroxylation is 1. The number of nitrogens with zero attached hydrogens (tertiary/aromatic N) is 1. The Balaban J connectivity index is 1.09. The van der Waals surface area contributed by atoms with Crippen LogP contribution < -0.4 is 15.4 Å². The number of benzene rings is 2. The van der Waals surface area contributed by atoms with Gasteiger partial charge < -0.3 is 19.8 Å². The van der Waals surface area contributed by atoms with Crippen LogP contribution in [0.4, 0.5) is 0 Å². The number of hydrogen-bond donors (Lipinski definition) is 2. The lowest BCUT2D eigenvalue weighted by Gasteiger charge is -2.32. The Labute approximate surface area is 221 Å². The van der Waals surface area contributed by atoms with Gasteiger partial charge in [-0.25, -0.2) is 0 Å². The molecule has 0 bridgehead atoms. The summed E-state index contributed by atoms with van der Waals surface area (Å²) >= 11 is 3.70. The van der Waals surface area contributed by atoms with Crippen LogP contribution in [0.1, 0.15) is 47.4 Å². The zero-order chi connectivity index (χ0) is 24.9. The largest absolute Gasteiger partial charge is 0.489 e. The summed E-state index contributed by atoms with van der Waals surface area (Å²) in [7, 11) is 0. The van der Waals surface area contributed by atoms with Gasteiger partial charge in [-0.1, -0.05) is 35.9 Å². The zero-order valence-corrected chi connectivity index (χ0v) is 22.4. The van der Waals surface area contributed by atoms with Gasteiger partial charge in [0.05, 0.1) is 4.47 Å². The maximum atomic E-state index is 12.8. The third-order valence-corrected chi connectivity index (χ3v) is 7.69. The summed E-state index contributed by atoms with van der Waals surface area (Å²) < 4.78 is 13.1. The minimum atomic E-state index is -0.139. The fraction of sp³-hybridized carbons (Fsp3) is 0.414. The van der Waals surface area contributed by atoms with Crippen LogP contribution in [0.5, 0.6) is 5.75 Å². The molecule has 0 aliphatic carbocycles. The Bertz CT molecular complexity index is 1160. The summed E-state index contributed by atoms with van der Waals surface area (Å²) in [6.07, 6.45) is 4.24. The molecule has 0 saturated carbocycles. The number of furan rings is 1. The molecule has 2 aromatic carbocycles. The fourth-order valence-corrected chi connectivity index (χ4v) is 5.43. The lowest BCUT2D eigenvalue weighted by Crippen LogP contribution is -2.44. The van der Waals surface area contributed by atoms with Crippen molar-refractivity contribution >= 4 is 21.8 Å². The molecule has 6 nitrogen and oxygen atoms in total. The van der Waals surface area contributed by atoms with Gasteiger partial charge in [0, 0.05) is 31.2 Å². The number of ether oxygens (including phenoxy) is 1. The van der Waals surface area contributed by atoms with Gasteiger partial charge in [0.15, 0.2) is 5.76 Å². The summed E-state index contributed by atoms with van der Waals surface area (Å²) in [5.74, 6) is 1.87. The van der Waals surface area contributed by atoms with E-state index in [1.54, 1.807) is 6.07 Å². The Morgan fingerprint density at radius 1 is 1.06 bits per heavy atom. The number of likely N-dealkylation sites (tertiary alicyclic amines) is 1. The number of halogens is 1. The maximum Gasteiger partial charge on any atom is 0.287 e. The second kappa shape index (κ2) is 11.6. The molecule has 0 unspecified atom stereocenters. The van der Waals surface area contributed by atoms with E-state index in [-0.39, 0.29) is 18.1 Å². The summed E-state index contributed by atoms with van der Waals surface area (Å²) in [5, 5.41) is 6.54. The summed E-state index contributed by atoms with van der Waals surface area (Å²) in [6.45, 7) is 6.88. The van der Waals surface area contributed by atoms with E-state index in [0.717, 1.165) is 74.2 Å². The number of nitrogens with one attached hydrogen (secondary N) is 2. The topological polar surface area (TPSA) is 66.7 Å². The molecule has 1 amide bonds. The van der Waals surface area contributed by atoms with E-state index in [4.69, 9.17) is 9.15 Å². The van der Waals surface area contributed by atoms with E-state index < -0.39 is 0 Å². The van der Waals surface area contributed by atoms with Crippen molar-refractivity contribution < 1.29 is 13.9 Å². The first-order valence-electron chi connectivity index (χ1n) is 12.9. The molecule has 5 rings (SSSR count). The normalized spacial score (nSPS) is 17.7. The van der Waals surface area contributed by atoms with Crippen LogP contribution in [0.3, 0.4) is 0 Å². The van der Waals surface area contributed by atoms with Gasteiger partial charge in [0.2, 0.25) is 0 Å². The average molecular weight is 553 g/mol. The first-order valence-corrected chi connectivity index (χ1v) is 13.7. The second-order valence-corrected chi connectivity index (χ2v) is 10.7. The van der Waals surface area contributed by atoms with Gasteiger partial charge in [-0.05, 0) is 91.5 Å². The van der Waals surface area contributed by atoms with E-state index in [0.29, 0.717) is 11.5 Å². The highest BCUT2D eigenvalue weighted by Crippen LogP contribution is 2.29. The lowest BCUT2D eigenvalue weighted by molar-refractivity contribution is 0.0882. The van der Waals surface area contributed by atoms with Gasteiger partial charge in [-0.15, -0.1) is 0 Å². The number of carbonyl (C=O) groups is 1. The van der Waals surface area contributed by atoms with Crippen molar-refractivity contribution in [2.75, 3.05) is 26.2 Å². The van der Waals surface area contributed by atoms with Crippen molar-refractivity contribution in [1.82, 2.24) is 15.5 Å². The molecule has 2 fully saturated rings. The van der Waals surface area contributed by atoms with E-state index in [2.05, 4.69) is 56.6 Å². The molecule has 3 heterocycles. The van der Waals surface area contributed by atoms with Gasteiger partial charge in [0.1, 0.15) is 17.6 Å². The molecule has 0 atom stereocenters. The van der Waals surface area contributed by atoms with Crippen LogP contribution in [0.25, 0.3) is 11.3 Å². The standard InChI is InChI=1S/C29H34BrN3O3/c1-20-2-5-22(6-3-20)26-8-9-28(36-26)29(34)32-23-12-16-33(17-13-23)19-21-4-7-27(25(30)18-21)35-24-10-14-31-15-11-24/h2-9,18,23-24,31H,10-17,19H2,1H3,(H,32,34). The number of amides is 1. The highest BCUT2D eigenvalue weighted by atomic mass is 79.9. The van der Waals surface area contributed by atoms with Crippen molar-refractivity contribution in [2.24, 2.45) is 0 Å². The predicted molar refractivity (Wildman–Crippen MR) is 145 cm³/mol. The minimum Gasteiger partial charge on any atom is -0.489 e. The molecular formula is C29H34BrN3O3.